The van der Waals surface area contributed by atoms with Gasteiger partial charge in [0.25, 0.3) is 0 Å². The molecule has 4 aromatic rings. The molecule has 0 aliphatic carbocycles. The molecule has 0 saturated heterocycles. The number of benzene rings is 4. The second-order valence-corrected chi connectivity index (χ2v) is 10.7. The Morgan fingerprint density at radius 1 is 0.421 bits per heavy atom. The molecular formula is C34H40O4. The summed E-state index contributed by atoms with van der Waals surface area (Å²) in [6.07, 6.45) is 0. The zero-order valence-electron chi connectivity index (χ0n) is 24.2. The predicted octanol–water partition coefficient (Wildman–Crippen LogP) is 9.68. The van der Waals surface area contributed by atoms with E-state index in [9.17, 15) is 10.2 Å². The van der Waals surface area contributed by atoms with E-state index in [0.29, 0.717) is 11.5 Å². The van der Waals surface area contributed by atoms with Crippen molar-refractivity contribution in [1.82, 2.24) is 0 Å². The Bertz CT molecular complexity index is 1420. The molecule has 4 aromatic carbocycles. The van der Waals surface area contributed by atoms with Crippen molar-refractivity contribution in [2.75, 3.05) is 0 Å². The molecule has 2 N–H and O–H groups in total. The Morgan fingerprint density at radius 3 is 1.00 bits per heavy atom. The molecule has 0 fully saturated rings. The van der Waals surface area contributed by atoms with Crippen molar-refractivity contribution in [3.05, 3.63) is 92.0 Å². The predicted molar refractivity (Wildman–Crippen MR) is 158 cm³/mol. The van der Waals surface area contributed by atoms with Gasteiger partial charge in [-0.05, 0) is 172 Å². The van der Waals surface area contributed by atoms with Gasteiger partial charge in [0, 0.05) is 1.43 Å². The molecule has 0 amide bonds. The first-order chi connectivity index (χ1) is 17.8. The van der Waals surface area contributed by atoms with Gasteiger partial charge in [0.05, 0.1) is 0 Å². The monoisotopic (exact) mass is 512 g/mol. The van der Waals surface area contributed by atoms with Crippen molar-refractivity contribution >= 4 is 0 Å². The lowest BCUT2D eigenvalue weighted by Gasteiger charge is -2.22. The molecule has 38 heavy (non-hydrogen) atoms. The number of rotatable bonds is 5. The van der Waals surface area contributed by atoms with Crippen molar-refractivity contribution in [3.8, 4) is 45.6 Å². The van der Waals surface area contributed by atoms with Gasteiger partial charge < -0.3 is 19.7 Å². The minimum absolute atomic E-state index is 0. The van der Waals surface area contributed by atoms with Crippen LogP contribution in [0.25, 0.3) is 11.1 Å². The number of hydrogen-bond donors (Lipinski definition) is 2. The summed E-state index contributed by atoms with van der Waals surface area (Å²) in [6.45, 7) is 20.2. The number of ether oxygens (including phenoxy) is 2. The second-order valence-electron chi connectivity index (χ2n) is 10.7. The minimum atomic E-state index is 0. The average molecular weight is 513 g/mol. The van der Waals surface area contributed by atoms with Crippen molar-refractivity contribution in [2.24, 2.45) is 0 Å². The van der Waals surface area contributed by atoms with Gasteiger partial charge in [0.1, 0.15) is 34.5 Å². The standard InChI is InChI=1S/C34H38O4.H2/c1-17-11-27(12-18(2)31(17)35)37-33-21(5)15-29(23(7)25(33)9)30-16-22(6)34(26(10)24(30)8)38-28-13-19(3)32(36)20(4)14-28;/h11-16,35-36H,1-10H3;1H. The van der Waals surface area contributed by atoms with Crippen LogP contribution in [-0.4, -0.2) is 10.2 Å². The van der Waals surface area contributed by atoms with E-state index < -0.39 is 0 Å². The zero-order valence-corrected chi connectivity index (χ0v) is 24.2. The number of phenolic OH excluding ortho intramolecular Hbond substituents is 2. The van der Waals surface area contributed by atoms with Gasteiger partial charge in [-0.1, -0.05) is 0 Å². The molecule has 200 valence electrons. The van der Waals surface area contributed by atoms with Crippen LogP contribution < -0.4 is 9.47 Å². The van der Waals surface area contributed by atoms with Crippen LogP contribution in [0.3, 0.4) is 0 Å². The summed E-state index contributed by atoms with van der Waals surface area (Å²) in [6, 6.07) is 11.9. The SMILES string of the molecule is Cc1cc(Oc2c(C)cc(-c3cc(C)c(Oc4cc(C)c(O)c(C)c4)c(C)c3C)c(C)c2C)cc(C)c1O.[HH]. The fourth-order valence-corrected chi connectivity index (χ4v) is 5.18. The van der Waals surface area contributed by atoms with Gasteiger partial charge in [0.2, 0.25) is 0 Å². The minimum Gasteiger partial charge on any atom is -0.507 e. The van der Waals surface area contributed by atoms with E-state index in [2.05, 4.69) is 53.7 Å². The van der Waals surface area contributed by atoms with E-state index in [1.165, 1.54) is 11.1 Å². The highest BCUT2D eigenvalue weighted by molar-refractivity contribution is 5.77. The van der Waals surface area contributed by atoms with Crippen LogP contribution in [0, 0.1) is 69.2 Å². The van der Waals surface area contributed by atoms with Crippen LogP contribution in [0.1, 0.15) is 57.1 Å². The van der Waals surface area contributed by atoms with Crippen LogP contribution in [0.2, 0.25) is 0 Å². The summed E-state index contributed by atoms with van der Waals surface area (Å²) >= 11 is 0. The Hall–Kier alpha value is -3.92. The van der Waals surface area contributed by atoms with Gasteiger partial charge in [-0.2, -0.15) is 0 Å². The average Bonchev–Trinajstić information content (AvgIpc) is 2.85. The van der Waals surface area contributed by atoms with Gasteiger partial charge in [-0.15, -0.1) is 0 Å². The first-order valence-electron chi connectivity index (χ1n) is 13.0. The quantitative estimate of drug-likeness (QED) is 0.279. The molecular weight excluding hydrogens is 472 g/mol. The third-order valence-electron chi connectivity index (χ3n) is 7.71. The molecule has 0 aliphatic heterocycles. The van der Waals surface area contributed by atoms with E-state index in [1.807, 2.05) is 52.0 Å². The smallest absolute Gasteiger partial charge is 0.133 e. The van der Waals surface area contributed by atoms with Crippen molar-refractivity contribution in [3.63, 3.8) is 0 Å². The zero-order chi connectivity index (χ0) is 28.0. The van der Waals surface area contributed by atoms with Gasteiger partial charge in [-0.3, -0.25) is 0 Å². The fourth-order valence-electron chi connectivity index (χ4n) is 5.18. The molecule has 0 bridgehead atoms. The lowest BCUT2D eigenvalue weighted by atomic mass is 9.88. The maximum Gasteiger partial charge on any atom is 0.133 e. The maximum atomic E-state index is 10.1. The Morgan fingerprint density at radius 2 is 0.711 bits per heavy atom. The van der Waals surface area contributed by atoms with Crippen LogP contribution >= 0.6 is 0 Å². The van der Waals surface area contributed by atoms with Crippen molar-refractivity contribution in [1.29, 1.82) is 0 Å². The van der Waals surface area contributed by atoms with Gasteiger partial charge >= 0.3 is 0 Å². The lowest BCUT2D eigenvalue weighted by molar-refractivity contribution is 0.454. The molecule has 0 atom stereocenters. The summed E-state index contributed by atoms with van der Waals surface area (Å²) < 4.78 is 12.7. The van der Waals surface area contributed by atoms with E-state index in [1.54, 1.807) is 0 Å². The molecule has 0 spiro atoms. The van der Waals surface area contributed by atoms with E-state index >= 15 is 0 Å². The third-order valence-corrected chi connectivity index (χ3v) is 7.71. The molecule has 0 saturated carbocycles. The Kier molecular flexibility index (Phi) is 7.20. The molecule has 4 heteroatoms. The van der Waals surface area contributed by atoms with Crippen LogP contribution in [0.15, 0.2) is 36.4 Å². The van der Waals surface area contributed by atoms with Crippen molar-refractivity contribution < 1.29 is 21.1 Å². The van der Waals surface area contributed by atoms with E-state index in [-0.39, 0.29) is 1.43 Å². The molecule has 0 heterocycles. The van der Waals surface area contributed by atoms with E-state index in [4.69, 9.17) is 9.47 Å². The van der Waals surface area contributed by atoms with Gasteiger partial charge in [-0.25, -0.2) is 0 Å². The fraction of sp³-hybridized carbons (Fsp3) is 0.294. The summed E-state index contributed by atoms with van der Waals surface area (Å²) in [7, 11) is 0. The summed E-state index contributed by atoms with van der Waals surface area (Å²) in [5.74, 6) is 3.75. The lowest BCUT2D eigenvalue weighted by Crippen LogP contribution is -2.01. The molecule has 0 aromatic heterocycles. The highest BCUT2D eigenvalue weighted by atomic mass is 16.5. The molecule has 0 aliphatic rings. The number of phenols is 2. The largest absolute Gasteiger partial charge is 0.507 e. The topological polar surface area (TPSA) is 58.9 Å². The number of aryl methyl sites for hydroxylation is 6. The first kappa shape index (κ1) is 27.1. The Balaban J connectivity index is 0.00000420. The maximum absolute atomic E-state index is 10.1. The van der Waals surface area contributed by atoms with Gasteiger partial charge in [0.15, 0.2) is 0 Å². The normalized spacial score (nSPS) is 11.1. The number of aromatic hydroxyl groups is 2. The highest BCUT2D eigenvalue weighted by Gasteiger charge is 2.19. The molecule has 0 unspecified atom stereocenters. The number of hydrogen-bond acceptors (Lipinski definition) is 4. The van der Waals surface area contributed by atoms with Crippen LogP contribution in [0.5, 0.6) is 34.5 Å². The van der Waals surface area contributed by atoms with Crippen LogP contribution in [-0.2, 0) is 0 Å². The summed E-state index contributed by atoms with van der Waals surface area (Å²) in [4.78, 5) is 0. The van der Waals surface area contributed by atoms with Crippen LogP contribution in [0.4, 0.5) is 0 Å². The molecule has 4 nitrogen and oxygen atoms in total. The third kappa shape index (κ3) is 4.83. The second kappa shape index (κ2) is 10.1. The molecule has 0 radical (unpaired) electrons. The highest BCUT2D eigenvalue weighted by Crippen LogP contribution is 2.42. The summed E-state index contributed by atoms with van der Waals surface area (Å²) in [5, 5.41) is 20.3. The summed E-state index contributed by atoms with van der Waals surface area (Å²) in [5.41, 5.74) is 12.2. The molecule has 4 rings (SSSR count). The Labute approximate surface area is 228 Å². The van der Waals surface area contributed by atoms with Crippen molar-refractivity contribution in [2.45, 2.75) is 69.2 Å². The van der Waals surface area contributed by atoms with E-state index in [0.717, 1.165) is 78.6 Å². The first-order valence-corrected chi connectivity index (χ1v) is 13.0.